The molecule has 0 aromatic heterocycles. The second-order valence-corrected chi connectivity index (χ2v) is 6.07. The zero-order valence-corrected chi connectivity index (χ0v) is 11.7. The Morgan fingerprint density at radius 1 is 1.33 bits per heavy atom. The first-order valence-corrected chi connectivity index (χ1v) is 7.35. The van der Waals surface area contributed by atoms with Gasteiger partial charge in [0, 0.05) is 19.1 Å². The molecule has 1 aliphatic carbocycles. The van der Waals surface area contributed by atoms with Gasteiger partial charge in [0.25, 0.3) is 0 Å². The number of halogens is 1. The maximum atomic E-state index is 6.40. The second kappa shape index (κ2) is 5.10. The monoisotopic (exact) mass is 264 g/mol. The Kier molecular flexibility index (Phi) is 3.49. The van der Waals surface area contributed by atoms with E-state index in [4.69, 9.17) is 11.6 Å². The standard InChI is InChI=1S/C15H21ClN2/c1-11-3-2-4-14(15(11)16)18-8-7-12(10-18)9-17-13-5-6-13/h2-4,12-13,17H,5-10H2,1H3. The predicted molar refractivity (Wildman–Crippen MR) is 77.5 cm³/mol. The van der Waals surface area contributed by atoms with E-state index in [1.54, 1.807) is 0 Å². The van der Waals surface area contributed by atoms with Gasteiger partial charge in [-0.1, -0.05) is 23.7 Å². The minimum atomic E-state index is 0.780. The third kappa shape index (κ3) is 2.65. The summed E-state index contributed by atoms with van der Waals surface area (Å²) in [5.74, 6) is 0.780. The summed E-state index contributed by atoms with van der Waals surface area (Å²) >= 11 is 6.40. The van der Waals surface area contributed by atoms with Crippen LogP contribution in [0.5, 0.6) is 0 Å². The number of hydrogen-bond acceptors (Lipinski definition) is 2. The highest BCUT2D eigenvalue weighted by Gasteiger charge is 2.27. The molecular formula is C15H21ClN2. The van der Waals surface area contributed by atoms with Crippen LogP contribution in [0.25, 0.3) is 0 Å². The van der Waals surface area contributed by atoms with E-state index < -0.39 is 0 Å². The van der Waals surface area contributed by atoms with E-state index >= 15 is 0 Å². The first kappa shape index (κ1) is 12.3. The van der Waals surface area contributed by atoms with Gasteiger partial charge in [-0.05, 0) is 50.3 Å². The van der Waals surface area contributed by atoms with Gasteiger partial charge in [-0.2, -0.15) is 0 Å². The number of anilines is 1. The fourth-order valence-electron chi connectivity index (χ4n) is 2.72. The van der Waals surface area contributed by atoms with Crippen LogP contribution in [-0.4, -0.2) is 25.7 Å². The maximum Gasteiger partial charge on any atom is 0.0668 e. The Bertz CT molecular complexity index is 429. The molecule has 2 nitrogen and oxygen atoms in total. The van der Waals surface area contributed by atoms with Crippen molar-refractivity contribution < 1.29 is 0 Å². The highest BCUT2D eigenvalue weighted by molar-refractivity contribution is 6.34. The molecule has 1 heterocycles. The van der Waals surface area contributed by atoms with E-state index in [0.717, 1.165) is 30.1 Å². The smallest absolute Gasteiger partial charge is 0.0668 e. The summed E-state index contributed by atoms with van der Waals surface area (Å²) in [4.78, 5) is 2.44. The highest BCUT2D eigenvalue weighted by Crippen LogP contribution is 2.32. The van der Waals surface area contributed by atoms with Gasteiger partial charge in [0.15, 0.2) is 0 Å². The molecule has 1 N–H and O–H groups in total. The fraction of sp³-hybridized carbons (Fsp3) is 0.600. The summed E-state index contributed by atoms with van der Waals surface area (Å²) < 4.78 is 0. The van der Waals surface area contributed by atoms with E-state index in [0.29, 0.717) is 0 Å². The Labute approximate surface area is 114 Å². The fourth-order valence-corrected chi connectivity index (χ4v) is 2.96. The van der Waals surface area contributed by atoms with Gasteiger partial charge in [0.2, 0.25) is 0 Å². The summed E-state index contributed by atoms with van der Waals surface area (Å²) in [5, 5.41) is 4.56. The van der Waals surface area contributed by atoms with Crippen LogP contribution in [0, 0.1) is 12.8 Å². The molecule has 2 fully saturated rings. The molecular weight excluding hydrogens is 244 g/mol. The quantitative estimate of drug-likeness (QED) is 0.898. The average Bonchev–Trinajstić information content (AvgIpc) is 3.08. The molecule has 18 heavy (non-hydrogen) atoms. The summed E-state index contributed by atoms with van der Waals surface area (Å²) in [6, 6.07) is 7.15. The number of nitrogens with zero attached hydrogens (tertiary/aromatic N) is 1. The van der Waals surface area contributed by atoms with Crippen molar-refractivity contribution in [2.45, 2.75) is 32.2 Å². The van der Waals surface area contributed by atoms with Crippen molar-refractivity contribution in [1.29, 1.82) is 0 Å². The molecule has 0 amide bonds. The maximum absolute atomic E-state index is 6.40. The Morgan fingerprint density at radius 2 is 2.17 bits per heavy atom. The molecule has 1 saturated carbocycles. The van der Waals surface area contributed by atoms with Crippen LogP contribution in [0.4, 0.5) is 5.69 Å². The Hall–Kier alpha value is -0.730. The lowest BCUT2D eigenvalue weighted by molar-refractivity contribution is 0.515. The second-order valence-electron chi connectivity index (χ2n) is 5.69. The third-order valence-electron chi connectivity index (χ3n) is 4.07. The lowest BCUT2D eigenvalue weighted by Crippen LogP contribution is -2.27. The average molecular weight is 265 g/mol. The summed E-state index contributed by atoms with van der Waals surface area (Å²) in [6.07, 6.45) is 4.03. The lowest BCUT2D eigenvalue weighted by Gasteiger charge is -2.21. The van der Waals surface area contributed by atoms with Crippen LogP contribution in [0.3, 0.4) is 0 Å². The van der Waals surface area contributed by atoms with E-state index in [1.165, 1.54) is 37.1 Å². The van der Waals surface area contributed by atoms with Crippen LogP contribution in [-0.2, 0) is 0 Å². The molecule has 1 atom stereocenters. The molecule has 98 valence electrons. The molecule has 1 saturated heterocycles. The molecule has 1 aromatic carbocycles. The van der Waals surface area contributed by atoms with Crippen LogP contribution in [0.2, 0.25) is 5.02 Å². The molecule has 1 aliphatic heterocycles. The highest BCUT2D eigenvalue weighted by atomic mass is 35.5. The predicted octanol–water partition coefficient (Wildman–Crippen LogP) is 3.23. The molecule has 1 aromatic rings. The van der Waals surface area contributed by atoms with Crippen molar-refractivity contribution >= 4 is 17.3 Å². The van der Waals surface area contributed by atoms with Crippen LogP contribution >= 0.6 is 11.6 Å². The van der Waals surface area contributed by atoms with Crippen molar-refractivity contribution in [3.63, 3.8) is 0 Å². The SMILES string of the molecule is Cc1cccc(N2CCC(CNC3CC3)C2)c1Cl. The van der Waals surface area contributed by atoms with Gasteiger partial charge < -0.3 is 10.2 Å². The number of nitrogens with one attached hydrogen (secondary N) is 1. The number of benzene rings is 1. The van der Waals surface area contributed by atoms with Gasteiger partial charge in [-0.15, -0.1) is 0 Å². The van der Waals surface area contributed by atoms with Gasteiger partial charge in [-0.25, -0.2) is 0 Å². The zero-order chi connectivity index (χ0) is 12.5. The van der Waals surface area contributed by atoms with E-state index in [-0.39, 0.29) is 0 Å². The van der Waals surface area contributed by atoms with Gasteiger partial charge >= 0.3 is 0 Å². The van der Waals surface area contributed by atoms with Crippen LogP contribution in [0.15, 0.2) is 18.2 Å². The summed E-state index contributed by atoms with van der Waals surface area (Å²) in [6.45, 7) is 5.53. The minimum Gasteiger partial charge on any atom is -0.370 e. The first-order chi connectivity index (χ1) is 8.74. The van der Waals surface area contributed by atoms with Crippen molar-refractivity contribution in [1.82, 2.24) is 5.32 Å². The van der Waals surface area contributed by atoms with E-state index in [9.17, 15) is 0 Å². The molecule has 0 radical (unpaired) electrons. The van der Waals surface area contributed by atoms with Crippen LogP contribution in [0.1, 0.15) is 24.8 Å². The third-order valence-corrected chi connectivity index (χ3v) is 4.56. The first-order valence-electron chi connectivity index (χ1n) is 6.97. The van der Waals surface area contributed by atoms with Crippen molar-refractivity contribution in [3.05, 3.63) is 28.8 Å². The minimum absolute atomic E-state index is 0.780. The molecule has 2 aliphatic rings. The van der Waals surface area contributed by atoms with Gasteiger partial charge in [0.1, 0.15) is 0 Å². The molecule has 1 unspecified atom stereocenters. The Morgan fingerprint density at radius 3 is 2.94 bits per heavy atom. The number of rotatable bonds is 4. The van der Waals surface area contributed by atoms with Crippen molar-refractivity contribution in [2.24, 2.45) is 5.92 Å². The van der Waals surface area contributed by atoms with Crippen LogP contribution < -0.4 is 10.2 Å². The van der Waals surface area contributed by atoms with Crippen molar-refractivity contribution in [2.75, 3.05) is 24.5 Å². The molecule has 3 rings (SSSR count). The molecule has 3 heteroatoms. The van der Waals surface area contributed by atoms with Gasteiger partial charge in [-0.3, -0.25) is 0 Å². The number of hydrogen-bond donors (Lipinski definition) is 1. The normalized spacial score (nSPS) is 23.7. The topological polar surface area (TPSA) is 15.3 Å². The Balaban J connectivity index is 1.61. The van der Waals surface area contributed by atoms with Crippen molar-refractivity contribution in [3.8, 4) is 0 Å². The summed E-state index contributed by atoms with van der Waals surface area (Å²) in [5.41, 5.74) is 2.39. The largest absolute Gasteiger partial charge is 0.370 e. The molecule has 0 bridgehead atoms. The van der Waals surface area contributed by atoms with Gasteiger partial charge in [0.05, 0.1) is 10.7 Å². The van der Waals surface area contributed by atoms with E-state index in [1.807, 2.05) is 0 Å². The number of aryl methyl sites for hydroxylation is 1. The zero-order valence-electron chi connectivity index (χ0n) is 11.0. The van der Waals surface area contributed by atoms with E-state index in [2.05, 4.69) is 35.3 Å². The molecule has 0 spiro atoms. The lowest BCUT2D eigenvalue weighted by atomic mass is 10.1. The summed E-state index contributed by atoms with van der Waals surface area (Å²) in [7, 11) is 0.